The number of hydrogen-bond acceptors (Lipinski definition) is 2. The molecule has 4 nitrogen and oxygen atoms in total. The van der Waals surface area contributed by atoms with Crippen molar-refractivity contribution >= 4 is 47.5 Å². The van der Waals surface area contributed by atoms with Gasteiger partial charge in [-0.3, -0.25) is 9.59 Å². The second kappa shape index (κ2) is 10.0. The Morgan fingerprint density at radius 3 is 1.27 bits per heavy atom. The van der Waals surface area contributed by atoms with Gasteiger partial charge in [-0.1, -0.05) is 72.8 Å². The molecule has 0 saturated carbocycles. The maximum Gasteiger partial charge on any atom is 0.221 e. The molecule has 0 atom stereocenters. The maximum absolute atomic E-state index is 11.1. The molecule has 0 aromatic heterocycles. The minimum atomic E-state index is -0.0799. The van der Waals surface area contributed by atoms with Crippen LogP contribution in [0.15, 0.2) is 72.8 Å². The number of nitrogens with one attached hydrogen (secondary N) is 2. The van der Waals surface area contributed by atoms with Gasteiger partial charge in [-0.15, -0.1) is 0 Å². The maximum atomic E-state index is 11.1. The zero-order chi connectivity index (χ0) is 21.3. The van der Waals surface area contributed by atoms with Crippen molar-refractivity contribution in [3.8, 4) is 0 Å². The third-order valence-electron chi connectivity index (χ3n) is 4.37. The van der Waals surface area contributed by atoms with Crippen molar-refractivity contribution in [1.29, 1.82) is 0 Å². The summed E-state index contributed by atoms with van der Waals surface area (Å²) in [5.74, 6) is -0.160. The van der Waals surface area contributed by atoms with Crippen LogP contribution >= 0.6 is 0 Å². The van der Waals surface area contributed by atoms with Gasteiger partial charge in [0.15, 0.2) is 0 Å². The summed E-state index contributed by atoms with van der Waals surface area (Å²) in [6, 6.07) is 23.6. The Bertz CT molecular complexity index is 990. The topological polar surface area (TPSA) is 58.2 Å². The Hall–Kier alpha value is -3.92. The molecule has 0 saturated heterocycles. The van der Waals surface area contributed by atoms with E-state index >= 15 is 0 Å². The van der Waals surface area contributed by atoms with Gasteiger partial charge in [0.05, 0.1) is 0 Å². The monoisotopic (exact) mass is 396 g/mol. The van der Waals surface area contributed by atoms with E-state index in [1.807, 2.05) is 72.8 Å². The first-order chi connectivity index (χ1) is 14.5. The zero-order valence-corrected chi connectivity index (χ0v) is 17.1. The normalized spacial score (nSPS) is 11.0. The summed E-state index contributed by atoms with van der Waals surface area (Å²) >= 11 is 0. The van der Waals surface area contributed by atoms with Crippen molar-refractivity contribution in [3.05, 3.63) is 95.1 Å². The van der Waals surface area contributed by atoms with Gasteiger partial charge < -0.3 is 10.6 Å². The fraction of sp³-hybridized carbons (Fsp3) is 0.0769. The van der Waals surface area contributed by atoms with Crippen LogP contribution < -0.4 is 10.6 Å². The van der Waals surface area contributed by atoms with Gasteiger partial charge in [-0.2, -0.15) is 0 Å². The van der Waals surface area contributed by atoms with E-state index < -0.39 is 0 Å². The molecule has 0 fully saturated rings. The third-order valence-corrected chi connectivity index (χ3v) is 4.37. The Kier molecular flexibility index (Phi) is 6.95. The van der Waals surface area contributed by atoms with E-state index in [0.29, 0.717) is 0 Å². The zero-order valence-electron chi connectivity index (χ0n) is 17.1. The molecular weight excluding hydrogens is 372 g/mol. The van der Waals surface area contributed by atoms with E-state index in [1.54, 1.807) is 0 Å². The molecule has 0 spiro atoms. The lowest BCUT2D eigenvalue weighted by Gasteiger charge is -2.04. The highest BCUT2D eigenvalue weighted by Gasteiger charge is 1.98. The molecule has 3 rings (SSSR count). The number of hydrogen-bond donors (Lipinski definition) is 2. The molecule has 0 aliphatic carbocycles. The van der Waals surface area contributed by atoms with Crippen LogP contribution in [-0.2, 0) is 9.59 Å². The molecule has 0 heterocycles. The van der Waals surface area contributed by atoms with Crippen molar-refractivity contribution in [2.75, 3.05) is 10.6 Å². The van der Waals surface area contributed by atoms with E-state index in [4.69, 9.17) is 0 Å². The Morgan fingerprint density at radius 1 is 0.567 bits per heavy atom. The first-order valence-corrected chi connectivity index (χ1v) is 9.70. The van der Waals surface area contributed by atoms with Gasteiger partial charge in [0.25, 0.3) is 0 Å². The fourth-order valence-corrected chi connectivity index (χ4v) is 2.95. The number of carbonyl (C=O) groups is 2. The molecule has 4 heteroatoms. The van der Waals surface area contributed by atoms with Crippen molar-refractivity contribution in [3.63, 3.8) is 0 Å². The number of carbonyl (C=O) groups excluding carboxylic acids is 2. The molecule has 150 valence electrons. The van der Waals surface area contributed by atoms with Gasteiger partial charge in [0.1, 0.15) is 0 Å². The Labute approximate surface area is 177 Å². The van der Waals surface area contributed by atoms with Crippen LogP contribution in [0.25, 0.3) is 24.3 Å². The van der Waals surface area contributed by atoms with Gasteiger partial charge in [0.2, 0.25) is 11.8 Å². The highest BCUT2D eigenvalue weighted by atomic mass is 16.2. The smallest absolute Gasteiger partial charge is 0.221 e. The van der Waals surface area contributed by atoms with Crippen LogP contribution in [0.5, 0.6) is 0 Å². The lowest BCUT2D eigenvalue weighted by atomic mass is 10.0. The number of benzene rings is 3. The highest BCUT2D eigenvalue weighted by Crippen LogP contribution is 2.18. The summed E-state index contributed by atoms with van der Waals surface area (Å²) < 4.78 is 0. The second-order valence-electron chi connectivity index (χ2n) is 6.90. The quantitative estimate of drug-likeness (QED) is 0.506. The van der Waals surface area contributed by atoms with E-state index in [9.17, 15) is 9.59 Å². The number of amides is 2. The van der Waals surface area contributed by atoms with E-state index in [1.165, 1.54) is 13.8 Å². The molecule has 3 aromatic rings. The SMILES string of the molecule is CC(=O)Nc1ccc(C=Cc2ccccc2C=Cc2ccc(NC(C)=O)cc2)cc1. The summed E-state index contributed by atoms with van der Waals surface area (Å²) in [4.78, 5) is 22.2. The molecule has 0 aliphatic heterocycles. The summed E-state index contributed by atoms with van der Waals surface area (Å²) in [6.07, 6.45) is 8.25. The average molecular weight is 396 g/mol. The van der Waals surface area contributed by atoms with Crippen LogP contribution in [-0.4, -0.2) is 11.8 Å². The summed E-state index contributed by atoms with van der Waals surface area (Å²) in [5.41, 5.74) is 5.89. The Morgan fingerprint density at radius 2 is 0.933 bits per heavy atom. The molecule has 0 unspecified atom stereocenters. The third kappa shape index (κ3) is 6.31. The van der Waals surface area contributed by atoms with Gasteiger partial charge >= 0.3 is 0 Å². The first-order valence-electron chi connectivity index (χ1n) is 9.70. The fourth-order valence-electron chi connectivity index (χ4n) is 2.95. The molecule has 2 amide bonds. The molecule has 3 aromatic carbocycles. The average Bonchev–Trinajstić information content (AvgIpc) is 2.72. The molecule has 0 radical (unpaired) electrons. The minimum absolute atomic E-state index is 0.0799. The van der Waals surface area contributed by atoms with Crippen LogP contribution in [0.1, 0.15) is 36.1 Å². The predicted molar refractivity (Wildman–Crippen MR) is 126 cm³/mol. The van der Waals surface area contributed by atoms with Gasteiger partial charge in [-0.25, -0.2) is 0 Å². The number of rotatable bonds is 6. The largest absolute Gasteiger partial charge is 0.326 e. The van der Waals surface area contributed by atoms with Crippen molar-refractivity contribution in [2.45, 2.75) is 13.8 Å². The molecule has 0 aliphatic rings. The molecular formula is C26H24N2O2. The minimum Gasteiger partial charge on any atom is -0.326 e. The highest BCUT2D eigenvalue weighted by molar-refractivity contribution is 5.89. The van der Waals surface area contributed by atoms with E-state index in [-0.39, 0.29) is 11.8 Å². The lowest BCUT2D eigenvalue weighted by Crippen LogP contribution is -2.05. The summed E-state index contributed by atoms with van der Waals surface area (Å²) in [5, 5.41) is 5.53. The molecule has 2 N–H and O–H groups in total. The molecule has 30 heavy (non-hydrogen) atoms. The van der Waals surface area contributed by atoms with Crippen LogP contribution in [0.2, 0.25) is 0 Å². The summed E-state index contributed by atoms with van der Waals surface area (Å²) in [6.45, 7) is 2.99. The van der Waals surface area contributed by atoms with Crippen LogP contribution in [0.3, 0.4) is 0 Å². The Balaban J connectivity index is 1.72. The van der Waals surface area contributed by atoms with Gasteiger partial charge in [-0.05, 0) is 46.5 Å². The summed E-state index contributed by atoms with van der Waals surface area (Å²) in [7, 11) is 0. The van der Waals surface area contributed by atoms with Gasteiger partial charge in [0, 0.05) is 25.2 Å². The molecule has 0 bridgehead atoms. The predicted octanol–water partition coefficient (Wildman–Crippen LogP) is 5.94. The van der Waals surface area contributed by atoms with E-state index in [0.717, 1.165) is 33.6 Å². The second-order valence-corrected chi connectivity index (χ2v) is 6.90. The van der Waals surface area contributed by atoms with E-state index in [2.05, 4.69) is 34.9 Å². The van der Waals surface area contributed by atoms with Crippen molar-refractivity contribution in [2.24, 2.45) is 0 Å². The van der Waals surface area contributed by atoms with Crippen molar-refractivity contribution < 1.29 is 9.59 Å². The standard InChI is InChI=1S/C26H24N2O2/c1-19(29)27-25-15-9-21(10-16-25)7-13-23-5-3-4-6-24(23)14-8-22-11-17-26(18-12-22)28-20(2)30/h3-18H,1-2H3,(H,27,29)(H,28,30). The van der Waals surface area contributed by atoms with Crippen LogP contribution in [0.4, 0.5) is 11.4 Å². The lowest BCUT2D eigenvalue weighted by molar-refractivity contribution is -0.115. The van der Waals surface area contributed by atoms with Crippen molar-refractivity contribution in [1.82, 2.24) is 0 Å². The first kappa shape index (κ1) is 20.8. The number of anilines is 2. The van der Waals surface area contributed by atoms with Crippen LogP contribution in [0, 0.1) is 0 Å².